The van der Waals surface area contributed by atoms with Gasteiger partial charge in [-0.05, 0) is 48.7 Å². The van der Waals surface area contributed by atoms with E-state index < -0.39 is 0 Å². The van der Waals surface area contributed by atoms with Crippen LogP contribution in [-0.4, -0.2) is 26.2 Å². The highest BCUT2D eigenvalue weighted by molar-refractivity contribution is 5.84. The lowest BCUT2D eigenvalue weighted by Crippen LogP contribution is -2.24. The first-order valence-corrected chi connectivity index (χ1v) is 10.3. The van der Waals surface area contributed by atoms with Gasteiger partial charge in [0, 0.05) is 18.7 Å². The molecule has 4 aromatic rings. The zero-order chi connectivity index (χ0) is 20.7. The van der Waals surface area contributed by atoms with Crippen molar-refractivity contribution in [1.82, 2.24) is 19.2 Å². The molecule has 1 saturated carbocycles. The molecule has 0 saturated heterocycles. The predicted octanol–water partition coefficient (Wildman–Crippen LogP) is 3.66. The molecule has 2 heterocycles. The summed E-state index contributed by atoms with van der Waals surface area (Å²) in [7, 11) is 1.84. The van der Waals surface area contributed by atoms with E-state index in [1.54, 1.807) is 16.7 Å². The van der Waals surface area contributed by atoms with Crippen molar-refractivity contribution >= 4 is 22.4 Å². The quantitative estimate of drug-likeness (QED) is 0.567. The standard InChI is InChI=1S/C23H22N6O/c1-25-18-10-11-20-19(12-18)22(30)28(14-16-8-6-15(13-24)7-9-16)23-27-26-21(29(20)23)17-4-2-3-5-17/h6-12,17,25H,2-5,14H2,1H3. The Balaban J connectivity index is 1.76. The zero-order valence-electron chi connectivity index (χ0n) is 16.8. The van der Waals surface area contributed by atoms with Crippen LogP contribution >= 0.6 is 0 Å². The third-order valence-electron chi connectivity index (χ3n) is 6.06. The Bertz CT molecular complexity index is 1340. The molecule has 5 rings (SSSR count). The first kappa shape index (κ1) is 18.4. The van der Waals surface area contributed by atoms with Crippen molar-refractivity contribution in [3.8, 4) is 6.07 Å². The predicted molar refractivity (Wildman–Crippen MR) is 116 cm³/mol. The molecular weight excluding hydrogens is 376 g/mol. The van der Waals surface area contributed by atoms with Crippen molar-refractivity contribution in [2.75, 3.05) is 12.4 Å². The Morgan fingerprint density at radius 2 is 1.90 bits per heavy atom. The molecule has 1 N–H and O–H groups in total. The van der Waals surface area contributed by atoms with Crippen LogP contribution in [0, 0.1) is 11.3 Å². The smallest absolute Gasteiger partial charge is 0.263 e. The van der Waals surface area contributed by atoms with Gasteiger partial charge in [-0.3, -0.25) is 13.8 Å². The van der Waals surface area contributed by atoms with Crippen LogP contribution in [0.25, 0.3) is 16.7 Å². The molecule has 0 atom stereocenters. The van der Waals surface area contributed by atoms with Crippen LogP contribution in [0.4, 0.5) is 5.69 Å². The second-order valence-corrected chi connectivity index (χ2v) is 7.86. The molecule has 30 heavy (non-hydrogen) atoms. The Morgan fingerprint density at radius 1 is 1.13 bits per heavy atom. The summed E-state index contributed by atoms with van der Waals surface area (Å²) in [5.74, 6) is 1.88. The second kappa shape index (κ2) is 7.30. The molecule has 150 valence electrons. The average Bonchev–Trinajstić information content (AvgIpc) is 3.46. The Kier molecular flexibility index (Phi) is 4.47. The molecule has 1 aliphatic rings. The minimum atomic E-state index is -0.0932. The Hall–Kier alpha value is -3.66. The van der Waals surface area contributed by atoms with Crippen molar-refractivity contribution in [2.24, 2.45) is 0 Å². The summed E-state index contributed by atoms with van der Waals surface area (Å²) in [5, 5.41) is 21.8. The number of aromatic nitrogens is 4. The van der Waals surface area contributed by atoms with Gasteiger partial charge in [-0.1, -0.05) is 25.0 Å². The fraction of sp³-hybridized carbons (Fsp3) is 0.304. The molecule has 0 amide bonds. The molecule has 2 aromatic heterocycles. The first-order valence-electron chi connectivity index (χ1n) is 10.3. The highest BCUT2D eigenvalue weighted by Crippen LogP contribution is 2.34. The van der Waals surface area contributed by atoms with Gasteiger partial charge in [-0.2, -0.15) is 5.26 Å². The SMILES string of the molecule is CNc1ccc2c(c1)c(=O)n(Cc1ccc(C#N)cc1)c1nnc(C3CCCC3)n21. The van der Waals surface area contributed by atoms with Gasteiger partial charge in [0.1, 0.15) is 5.82 Å². The highest BCUT2D eigenvalue weighted by atomic mass is 16.1. The lowest BCUT2D eigenvalue weighted by molar-refractivity contribution is 0.660. The molecule has 7 heteroatoms. The minimum absolute atomic E-state index is 0.0932. The van der Waals surface area contributed by atoms with E-state index in [9.17, 15) is 4.79 Å². The number of rotatable bonds is 4. The number of benzene rings is 2. The molecule has 2 aromatic carbocycles. The zero-order valence-corrected chi connectivity index (χ0v) is 16.8. The van der Waals surface area contributed by atoms with Gasteiger partial charge in [-0.25, -0.2) is 0 Å². The summed E-state index contributed by atoms with van der Waals surface area (Å²) in [6, 6.07) is 15.3. The van der Waals surface area contributed by atoms with E-state index in [1.807, 2.05) is 37.4 Å². The molecule has 0 unspecified atom stereocenters. The van der Waals surface area contributed by atoms with Crippen molar-refractivity contribution in [1.29, 1.82) is 5.26 Å². The fourth-order valence-corrected chi connectivity index (χ4v) is 4.45. The highest BCUT2D eigenvalue weighted by Gasteiger charge is 2.25. The van der Waals surface area contributed by atoms with E-state index in [2.05, 4.69) is 26.0 Å². The number of fused-ring (bicyclic) bond motifs is 3. The van der Waals surface area contributed by atoms with Gasteiger partial charge >= 0.3 is 0 Å². The molecule has 0 spiro atoms. The third kappa shape index (κ3) is 2.92. The van der Waals surface area contributed by atoms with E-state index in [0.29, 0.717) is 29.2 Å². The first-order chi connectivity index (χ1) is 14.7. The summed E-state index contributed by atoms with van der Waals surface area (Å²) in [6.07, 6.45) is 4.61. The topological polar surface area (TPSA) is 88.0 Å². The van der Waals surface area contributed by atoms with Gasteiger partial charge < -0.3 is 5.32 Å². The largest absolute Gasteiger partial charge is 0.388 e. The maximum absolute atomic E-state index is 13.5. The van der Waals surface area contributed by atoms with Crippen molar-refractivity contribution in [2.45, 2.75) is 38.1 Å². The minimum Gasteiger partial charge on any atom is -0.388 e. The number of nitrogens with one attached hydrogen (secondary N) is 1. The summed E-state index contributed by atoms with van der Waals surface area (Å²) in [6.45, 7) is 0.372. The van der Waals surface area contributed by atoms with Crippen LogP contribution in [0.5, 0.6) is 0 Å². The van der Waals surface area contributed by atoms with Crippen molar-refractivity contribution < 1.29 is 0 Å². The summed E-state index contributed by atoms with van der Waals surface area (Å²) in [4.78, 5) is 13.5. The van der Waals surface area contributed by atoms with Crippen LogP contribution in [0.3, 0.4) is 0 Å². The number of hydrogen-bond acceptors (Lipinski definition) is 5. The number of nitriles is 1. The van der Waals surface area contributed by atoms with Crippen molar-refractivity contribution in [3.05, 3.63) is 69.8 Å². The van der Waals surface area contributed by atoms with Gasteiger partial charge in [0.25, 0.3) is 5.56 Å². The van der Waals surface area contributed by atoms with Gasteiger partial charge in [-0.15, -0.1) is 10.2 Å². The second-order valence-electron chi connectivity index (χ2n) is 7.86. The van der Waals surface area contributed by atoms with Crippen LogP contribution < -0.4 is 10.9 Å². The molecule has 1 fully saturated rings. The van der Waals surface area contributed by atoms with Crippen LogP contribution in [-0.2, 0) is 6.54 Å². The van der Waals surface area contributed by atoms with Crippen LogP contribution in [0.15, 0.2) is 47.3 Å². The van der Waals surface area contributed by atoms with E-state index in [1.165, 1.54) is 12.8 Å². The molecule has 0 aliphatic heterocycles. The summed E-state index contributed by atoms with van der Waals surface area (Å²) < 4.78 is 3.75. The van der Waals surface area contributed by atoms with Gasteiger partial charge in [0.05, 0.1) is 29.1 Å². The molecule has 0 bridgehead atoms. The molecule has 1 aliphatic carbocycles. The lowest BCUT2D eigenvalue weighted by atomic mass is 10.1. The van der Waals surface area contributed by atoms with E-state index in [-0.39, 0.29) is 5.56 Å². The molecule has 0 radical (unpaired) electrons. The maximum Gasteiger partial charge on any atom is 0.263 e. The monoisotopic (exact) mass is 398 g/mol. The number of nitrogens with zero attached hydrogens (tertiary/aromatic N) is 5. The lowest BCUT2D eigenvalue weighted by Gasteiger charge is -2.14. The molecule has 7 nitrogen and oxygen atoms in total. The normalized spacial score (nSPS) is 14.4. The number of anilines is 1. The van der Waals surface area contributed by atoms with E-state index >= 15 is 0 Å². The van der Waals surface area contributed by atoms with Gasteiger partial charge in [0.15, 0.2) is 0 Å². The van der Waals surface area contributed by atoms with E-state index in [4.69, 9.17) is 5.26 Å². The molecular formula is C23H22N6O. The maximum atomic E-state index is 13.5. The Labute approximate surface area is 173 Å². The van der Waals surface area contributed by atoms with Crippen molar-refractivity contribution in [3.63, 3.8) is 0 Å². The average molecular weight is 398 g/mol. The number of hydrogen-bond donors (Lipinski definition) is 1. The fourth-order valence-electron chi connectivity index (χ4n) is 4.45. The third-order valence-corrected chi connectivity index (χ3v) is 6.06. The van der Waals surface area contributed by atoms with Crippen LogP contribution in [0.1, 0.15) is 48.6 Å². The van der Waals surface area contributed by atoms with E-state index in [0.717, 1.165) is 35.4 Å². The van der Waals surface area contributed by atoms with Crippen LogP contribution in [0.2, 0.25) is 0 Å². The summed E-state index contributed by atoms with van der Waals surface area (Å²) >= 11 is 0. The Morgan fingerprint density at radius 3 is 2.60 bits per heavy atom. The summed E-state index contributed by atoms with van der Waals surface area (Å²) in [5.41, 5.74) is 3.17. The van der Waals surface area contributed by atoms with Gasteiger partial charge in [0.2, 0.25) is 5.78 Å².